The van der Waals surface area contributed by atoms with Crippen molar-refractivity contribution in [3.63, 3.8) is 0 Å². The van der Waals surface area contributed by atoms with Gasteiger partial charge in [-0.1, -0.05) is 6.07 Å². The molecule has 4 nitrogen and oxygen atoms in total. The molecule has 1 aliphatic rings. The van der Waals surface area contributed by atoms with E-state index in [-0.39, 0.29) is 17.0 Å². The highest BCUT2D eigenvalue weighted by molar-refractivity contribution is 6.04. The molecule has 1 amide bonds. The lowest BCUT2D eigenvalue weighted by molar-refractivity contribution is 0.102. The highest BCUT2D eigenvalue weighted by atomic mass is 16.2. The van der Waals surface area contributed by atoms with Crippen LogP contribution in [0.4, 0.5) is 5.69 Å². The van der Waals surface area contributed by atoms with E-state index in [4.69, 9.17) is 0 Å². The quantitative estimate of drug-likeness (QED) is 0.894. The van der Waals surface area contributed by atoms with E-state index < -0.39 is 0 Å². The zero-order valence-corrected chi connectivity index (χ0v) is 13.0. The summed E-state index contributed by atoms with van der Waals surface area (Å²) in [5.41, 5.74) is 4.96. The van der Waals surface area contributed by atoms with E-state index in [0.29, 0.717) is 5.69 Å². The van der Waals surface area contributed by atoms with Crippen molar-refractivity contribution < 1.29 is 4.79 Å². The van der Waals surface area contributed by atoms with Crippen molar-refractivity contribution >= 4 is 11.6 Å². The summed E-state index contributed by atoms with van der Waals surface area (Å²) < 4.78 is 0. The Bertz CT molecular complexity index is 790. The van der Waals surface area contributed by atoms with E-state index >= 15 is 0 Å². The second kappa shape index (κ2) is 5.79. The third kappa shape index (κ3) is 2.82. The van der Waals surface area contributed by atoms with Gasteiger partial charge in [-0.25, -0.2) is 0 Å². The number of amides is 1. The maximum atomic E-state index is 12.4. The summed E-state index contributed by atoms with van der Waals surface area (Å²) in [6.07, 6.45) is 4.02. The molecule has 1 aromatic carbocycles. The van der Waals surface area contributed by atoms with Crippen LogP contribution in [0.15, 0.2) is 29.1 Å². The lowest BCUT2D eigenvalue weighted by Gasteiger charge is -2.16. The molecule has 0 atom stereocenters. The summed E-state index contributed by atoms with van der Waals surface area (Å²) in [6.45, 7) is 4.02. The normalized spacial score (nSPS) is 13.5. The lowest BCUT2D eigenvalue weighted by Crippen LogP contribution is -2.26. The van der Waals surface area contributed by atoms with Gasteiger partial charge in [-0.15, -0.1) is 0 Å². The zero-order chi connectivity index (χ0) is 15.7. The minimum atomic E-state index is -0.349. The van der Waals surface area contributed by atoms with Gasteiger partial charge < -0.3 is 10.3 Å². The van der Waals surface area contributed by atoms with E-state index in [1.54, 1.807) is 6.07 Å². The molecule has 0 bridgehead atoms. The van der Waals surface area contributed by atoms with Crippen LogP contribution in [0.1, 0.15) is 45.6 Å². The van der Waals surface area contributed by atoms with Crippen LogP contribution in [0.25, 0.3) is 0 Å². The maximum Gasteiger partial charge on any atom is 0.261 e. The molecule has 0 unspecified atom stereocenters. The lowest BCUT2D eigenvalue weighted by atomic mass is 9.95. The Hall–Kier alpha value is -2.36. The van der Waals surface area contributed by atoms with Crippen molar-refractivity contribution in [1.29, 1.82) is 0 Å². The van der Waals surface area contributed by atoms with Crippen molar-refractivity contribution in [3.8, 4) is 0 Å². The molecule has 0 radical (unpaired) electrons. The van der Waals surface area contributed by atoms with Crippen LogP contribution in [0, 0.1) is 13.8 Å². The summed E-state index contributed by atoms with van der Waals surface area (Å²) in [4.78, 5) is 27.4. The van der Waals surface area contributed by atoms with Gasteiger partial charge in [0.25, 0.3) is 11.5 Å². The summed E-state index contributed by atoms with van der Waals surface area (Å²) >= 11 is 0. The van der Waals surface area contributed by atoms with Crippen LogP contribution < -0.4 is 10.9 Å². The molecule has 0 fully saturated rings. The van der Waals surface area contributed by atoms with Crippen LogP contribution in [0.3, 0.4) is 0 Å². The number of carbonyl (C=O) groups excluding carboxylic acids is 1. The molecule has 114 valence electrons. The summed E-state index contributed by atoms with van der Waals surface area (Å²) in [5, 5.41) is 2.81. The molecule has 0 aliphatic heterocycles. The number of carbonyl (C=O) groups is 1. The maximum absolute atomic E-state index is 12.4. The number of aromatic nitrogens is 1. The predicted molar refractivity (Wildman–Crippen MR) is 87.6 cm³/mol. The summed E-state index contributed by atoms with van der Waals surface area (Å²) in [6, 6.07) is 7.48. The molecule has 0 saturated carbocycles. The average Bonchev–Trinajstić information content (AvgIpc) is 2.50. The molecule has 0 spiro atoms. The van der Waals surface area contributed by atoms with Gasteiger partial charge in [0.1, 0.15) is 5.56 Å². The Balaban J connectivity index is 1.88. The molecule has 1 aliphatic carbocycles. The number of fused-ring (bicyclic) bond motifs is 1. The number of hydrogen-bond acceptors (Lipinski definition) is 2. The number of aromatic amines is 1. The average molecular weight is 296 g/mol. The molecule has 4 heteroatoms. The Morgan fingerprint density at radius 1 is 1.09 bits per heavy atom. The summed E-state index contributed by atoms with van der Waals surface area (Å²) in [7, 11) is 0. The predicted octanol–water partition coefficient (Wildman–Crippen LogP) is 3.12. The number of aryl methyl sites for hydroxylation is 4. The van der Waals surface area contributed by atoms with Crippen LogP contribution in [0.2, 0.25) is 0 Å². The van der Waals surface area contributed by atoms with Gasteiger partial charge in [-0.2, -0.15) is 0 Å². The SMILES string of the molecule is Cc1ccc(NC(=O)c2cc3c([nH]c2=O)CCCC3)cc1C. The van der Waals surface area contributed by atoms with Gasteiger partial charge >= 0.3 is 0 Å². The third-order valence-corrected chi connectivity index (χ3v) is 4.35. The van der Waals surface area contributed by atoms with Crippen molar-refractivity contribution in [3.05, 3.63) is 62.6 Å². The fourth-order valence-electron chi connectivity index (χ4n) is 2.86. The van der Waals surface area contributed by atoms with Crippen LogP contribution >= 0.6 is 0 Å². The number of hydrogen-bond donors (Lipinski definition) is 2. The molecule has 2 aromatic rings. The number of benzene rings is 1. The smallest absolute Gasteiger partial charge is 0.261 e. The number of anilines is 1. The van der Waals surface area contributed by atoms with E-state index in [9.17, 15) is 9.59 Å². The van der Waals surface area contributed by atoms with Gasteiger partial charge in [0.2, 0.25) is 0 Å². The number of rotatable bonds is 2. The topological polar surface area (TPSA) is 62.0 Å². The fraction of sp³-hybridized carbons (Fsp3) is 0.333. The highest BCUT2D eigenvalue weighted by Gasteiger charge is 2.17. The van der Waals surface area contributed by atoms with Gasteiger partial charge in [0.15, 0.2) is 0 Å². The first-order valence-corrected chi connectivity index (χ1v) is 7.68. The molecule has 0 saturated heterocycles. The zero-order valence-electron chi connectivity index (χ0n) is 13.0. The molecular formula is C18H20N2O2. The second-order valence-corrected chi connectivity index (χ2v) is 5.98. The van der Waals surface area contributed by atoms with E-state index in [1.165, 1.54) is 5.56 Å². The number of H-pyrrole nitrogens is 1. The van der Waals surface area contributed by atoms with Gasteiger partial charge in [0, 0.05) is 11.4 Å². The van der Waals surface area contributed by atoms with Crippen molar-refractivity contribution in [2.75, 3.05) is 5.32 Å². The Morgan fingerprint density at radius 3 is 2.64 bits per heavy atom. The Labute approximate surface area is 129 Å². The molecule has 22 heavy (non-hydrogen) atoms. The fourth-order valence-corrected chi connectivity index (χ4v) is 2.86. The minimum Gasteiger partial charge on any atom is -0.325 e. The van der Waals surface area contributed by atoms with E-state index in [2.05, 4.69) is 10.3 Å². The van der Waals surface area contributed by atoms with Gasteiger partial charge in [-0.05, 0) is 74.4 Å². The highest BCUT2D eigenvalue weighted by Crippen LogP contribution is 2.19. The van der Waals surface area contributed by atoms with Crippen molar-refractivity contribution in [2.24, 2.45) is 0 Å². The first-order valence-electron chi connectivity index (χ1n) is 7.68. The molecule has 2 N–H and O–H groups in total. The first-order chi connectivity index (χ1) is 10.5. The van der Waals surface area contributed by atoms with Crippen LogP contribution in [-0.2, 0) is 12.8 Å². The van der Waals surface area contributed by atoms with E-state index in [1.807, 2.05) is 32.0 Å². The van der Waals surface area contributed by atoms with Crippen molar-refractivity contribution in [1.82, 2.24) is 4.98 Å². The van der Waals surface area contributed by atoms with Gasteiger partial charge in [0.05, 0.1) is 0 Å². The van der Waals surface area contributed by atoms with Crippen LogP contribution in [0.5, 0.6) is 0 Å². The van der Waals surface area contributed by atoms with Crippen LogP contribution in [-0.4, -0.2) is 10.9 Å². The number of pyridine rings is 1. The Kier molecular flexibility index (Phi) is 3.84. The monoisotopic (exact) mass is 296 g/mol. The Morgan fingerprint density at radius 2 is 1.86 bits per heavy atom. The van der Waals surface area contributed by atoms with E-state index in [0.717, 1.165) is 42.5 Å². The third-order valence-electron chi connectivity index (χ3n) is 4.35. The second-order valence-electron chi connectivity index (χ2n) is 5.98. The first kappa shape index (κ1) is 14.6. The largest absolute Gasteiger partial charge is 0.325 e. The molecule has 3 rings (SSSR count). The minimum absolute atomic E-state index is 0.193. The van der Waals surface area contributed by atoms with Gasteiger partial charge in [-0.3, -0.25) is 9.59 Å². The molecule has 1 heterocycles. The molecule has 1 aromatic heterocycles. The van der Waals surface area contributed by atoms with Crippen molar-refractivity contribution in [2.45, 2.75) is 39.5 Å². The standard InChI is InChI=1S/C18H20N2O2/c1-11-7-8-14(9-12(11)2)19-17(21)15-10-13-5-3-4-6-16(13)20-18(15)22/h7-10H,3-6H2,1-2H3,(H,19,21)(H,20,22). The summed E-state index contributed by atoms with van der Waals surface area (Å²) in [5.74, 6) is -0.349. The molecular weight excluding hydrogens is 276 g/mol. The number of nitrogens with one attached hydrogen (secondary N) is 2.